The molecule has 0 saturated heterocycles. The van der Waals surface area contributed by atoms with Crippen LogP contribution in [0.3, 0.4) is 0 Å². The van der Waals surface area contributed by atoms with Gasteiger partial charge in [0, 0.05) is 5.92 Å². The lowest BCUT2D eigenvalue weighted by molar-refractivity contribution is 0.150. The van der Waals surface area contributed by atoms with Crippen molar-refractivity contribution < 1.29 is 5.11 Å². The monoisotopic (exact) mass is 239 g/mol. The molecule has 0 unspecified atom stereocenters. The minimum atomic E-state index is -0.403. The smallest absolute Gasteiger partial charge is 0.0661 e. The molecule has 0 saturated carbocycles. The molecule has 3 N–H and O–H groups in total. The first-order valence-corrected chi connectivity index (χ1v) is 6.39. The Hall–Kier alpha value is -1.64. The van der Waals surface area contributed by atoms with Gasteiger partial charge in [-0.25, -0.2) is 0 Å². The molecular formula is C16H17NO. The maximum Gasteiger partial charge on any atom is 0.0661 e. The quantitative estimate of drug-likeness (QED) is 0.864. The van der Waals surface area contributed by atoms with Crippen LogP contribution in [0.15, 0.2) is 48.5 Å². The van der Waals surface area contributed by atoms with E-state index in [1.54, 1.807) is 0 Å². The second-order valence-electron chi connectivity index (χ2n) is 4.80. The first-order chi connectivity index (χ1) is 8.83. The Kier molecular flexibility index (Phi) is 2.90. The van der Waals surface area contributed by atoms with Crippen LogP contribution in [0, 0.1) is 0 Å². The number of aliphatic hydroxyl groups excluding tert-OH is 1. The number of benzene rings is 2. The van der Waals surface area contributed by atoms with E-state index in [1.165, 1.54) is 22.3 Å². The highest BCUT2D eigenvalue weighted by Crippen LogP contribution is 2.46. The van der Waals surface area contributed by atoms with Gasteiger partial charge < -0.3 is 10.8 Å². The fraction of sp³-hybridized carbons (Fsp3) is 0.250. The Bertz CT molecular complexity index is 519. The molecule has 2 aromatic carbocycles. The van der Waals surface area contributed by atoms with Gasteiger partial charge >= 0.3 is 0 Å². The zero-order chi connectivity index (χ0) is 12.5. The lowest BCUT2D eigenvalue weighted by atomic mass is 9.90. The van der Waals surface area contributed by atoms with E-state index >= 15 is 0 Å². The van der Waals surface area contributed by atoms with E-state index in [4.69, 9.17) is 5.73 Å². The maximum atomic E-state index is 10.4. The van der Waals surface area contributed by atoms with E-state index < -0.39 is 6.10 Å². The molecule has 0 fully saturated rings. The summed E-state index contributed by atoms with van der Waals surface area (Å²) in [5.41, 5.74) is 10.5. The van der Waals surface area contributed by atoms with Crippen LogP contribution in [0.4, 0.5) is 0 Å². The van der Waals surface area contributed by atoms with Gasteiger partial charge in [0.1, 0.15) is 0 Å². The Morgan fingerprint density at radius 3 is 1.94 bits per heavy atom. The molecule has 0 spiro atoms. The summed E-state index contributed by atoms with van der Waals surface area (Å²) in [7, 11) is 0. The third-order valence-electron chi connectivity index (χ3n) is 3.73. The highest BCUT2D eigenvalue weighted by Gasteiger charge is 2.32. The fourth-order valence-electron chi connectivity index (χ4n) is 2.95. The molecule has 2 heteroatoms. The topological polar surface area (TPSA) is 46.2 Å². The van der Waals surface area contributed by atoms with Crippen LogP contribution in [0.2, 0.25) is 0 Å². The standard InChI is InChI=1S/C16H17NO/c17-10-9-15(18)16-13-7-3-1-5-11(13)12-6-2-4-8-14(12)16/h1-8,15-16,18H,9-10,17H2/t15-/m0/s1. The first kappa shape index (κ1) is 11.5. The van der Waals surface area contributed by atoms with Crippen molar-refractivity contribution in [3.63, 3.8) is 0 Å². The number of rotatable bonds is 3. The van der Waals surface area contributed by atoms with Crippen molar-refractivity contribution in [2.45, 2.75) is 18.4 Å². The van der Waals surface area contributed by atoms with Gasteiger partial charge in [-0.15, -0.1) is 0 Å². The average Bonchev–Trinajstić information content (AvgIpc) is 2.73. The van der Waals surface area contributed by atoms with E-state index in [1.807, 2.05) is 24.3 Å². The maximum absolute atomic E-state index is 10.4. The number of hydrogen-bond acceptors (Lipinski definition) is 2. The third kappa shape index (κ3) is 1.65. The molecule has 2 aromatic rings. The largest absolute Gasteiger partial charge is 0.392 e. The van der Waals surface area contributed by atoms with E-state index in [9.17, 15) is 5.11 Å². The molecule has 0 amide bonds. The molecule has 1 atom stereocenters. The van der Waals surface area contributed by atoms with E-state index in [2.05, 4.69) is 24.3 Å². The molecule has 92 valence electrons. The lowest BCUT2D eigenvalue weighted by Crippen LogP contribution is -2.21. The van der Waals surface area contributed by atoms with Gasteiger partial charge in [0.15, 0.2) is 0 Å². The summed E-state index contributed by atoms with van der Waals surface area (Å²) < 4.78 is 0. The average molecular weight is 239 g/mol. The number of aliphatic hydroxyl groups is 1. The Labute approximate surface area is 107 Å². The Balaban J connectivity index is 2.14. The Morgan fingerprint density at radius 2 is 1.44 bits per heavy atom. The van der Waals surface area contributed by atoms with Crippen LogP contribution < -0.4 is 5.73 Å². The third-order valence-corrected chi connectivity index (χ3v) is 3.73. The number of nitrogens with two attached hydrogens (primary N) is 1. The van der Waals surface area contributed by atoms with Gasteiger partial charge in [-0.05, 0) is 35.2 Å². The predicted octanol–water partition coefficient (Wildman–Crippen LogP) is 2.51. The normalized spacial score (nSPS) is 15.2. The second-order valence-corrected chi connectivity index (χ2v) is 4.80. The fourth-order valence-corrected chi connectivity index (χ4v) is 2.95. The Morgan fingerprint density at radius 1 is 0.944 bits per heavy atom. The van der Waals surface area contributed by atoms with Gasteiger partial charge in [0.2, 0.25) is 0 Å². The summed E-state index contributed by atoms with van der Waals surface area (Å²) in [6.45, 7) is 0.516. The molecule has 1 aliphatic carbocycles. The van der Waals surface area contributed by atoms with Crippen LogP contribution in [0.1, 0.15) is 23.5 Å². The molecule has 0 aromatic heterocycles. The van der Waals surface area contributed by atoms with E-state index in [0.717, 1.165) is 0 Å². The lowest BCUT2D eigenvalue weighted by Gasteiger charge is -2.20. The molecule has 3 rings (SSSR count). The van der Waals surface area contributed by atoms with Crippen LogP contribution in [-0.4, -0.2) is 17.8 Å². The molecular weight excluding hydrogens is 222 g/mol. The number of hydrogen-bond donors (Lipinski definition) is 2. The molecule has 2 nitrogen and oxygen atoms in total. The van der Waals surface area contributed by atoms with Gasteiger partial charge in [-0.3, -0.25) is 0 Å². The van der Waals surface area contributed by atoms with E-state index in [0.29, 0.717) is 13.0 Å². The molecule has 0 radical (unpaired) electrons. The van der Waals surface area contributed by atoms with Crippen LogP contribution in [0.25, 0.3) is 11.1 Å². The zero-order valence-corrected chi connectivity index (χ0v) is 10.2. The van der Waals surface area contributed by atoms with Gasteiger partial charge in [-0.2, -0.15) is 0 Å². The summed E-state index contributed by atoms with van der Waals surface area (Å²) in [4.78, 5) is 0. The minimum absolute atomic E-state index is 0.0703. The molecule has 0 aliphatic heterocycles. The van der Waals surface area contributed by atoms with Crippen LogP contribution in [0.5, 0.6) is 0 Å². The van der Waals surface area contributed by atoms with Crippen molar-refractivity contribution in [1.82, 2.24) is 0 Å². The van der Waals surface area contributed by atoms with E-state index in [-0.39, 0.29) is 5.92 Å². The van der Waals surface area contributed by atoms with Crippen LogP contribution >= 0.6 is 0 Å². The summed E-state index contributed by atoms with van der Waals surface area (Å²) in [5.74, 6) is 0.0703. The minimum Gasteiger partial charge on any atom is -0.392 e. The molecule has 0 bridgehead atoms. The van der Waals surface area contributed by atoms with Gasteiger partial charge in [-0.1, -0.05) is 48.5 Å². The van der Waals surface area contributed by atoms with Crippen LogP contribution in [-0.2, 0) is 0 Å². The highest BCUT2D eigenvalue weighted by molar-refractivity contribution is 5.79. The molecule has 0 heterocycles. The summed E-state index contributed by atoms with van der Waals surface area (Å²) >= 11 is 0. The highest BCUT2D eigenvalue weighted by atomic mass is 16.3. The summed E-state index contributed by atoms with van der Waals surface area (Å²) in [5, 5.41) is 10.4. The van der Waals surface area contributed by atoms with Crippen molar-refractivity contribution in [1.29, 1.82) is 0 Å². The number of fused-ring (bicyclic) bond motifs is 3. The van der Waals surface area contributed by atoms with Crippen molar-refractivity contribution in [2.75, 3.05) is 6.54 Å². The molecule has 18 heavy (non-hydrogen) atoms. The van der Waals surface area contributed by atoms with Crippen molar-refractivity contribution >= 4 is 0 Å². The predicted molar refractivity (Wildman–Crippen MR) is 73.4 cm³/mol. The van der Waals surface area contributed by atoms with Crippen molar-refractivity contribution in [2.24, 2.45) is 5.73 Å². The van der Waals surface area contributed by atoms with Gasteiger partial charge in [0.05, 0.1) is 6.10 Å². The summed E-state index contributed by atoms with van der Waals surface area (Å²) in [6, 6.07) is 16.6. The van der Waals surface area contributed by atoms with Crippen molar-refractivity contribution in [3.05, 3.63) is 59.7 Å². The summed E-state index contributed by atoms with van der Waals surface area (Å²) in [6.07, 6.45) is 0.229. The van der Waals surface area contributed by atoms with Gasteiger partial charge in [0.25, 0.3) is 0 Å². The molecule has 1 aliphatic rings. The second kappa shape index (κ2) is 4.56. The zero-order valence-electron chi connectivity index (χ0n) is 10.2. The SMILES string of the molecule is NCC[C@H](O)C1c2ccccc2-c2ccccc21. The van der Waals surface area contributed by atoms with Crippen molar-refractivity contribution in [3.8, 4) is 11.1 Å². The first-order valence-electron chi connectivity index (χ1n) is 6.39.